The molecule has 0 spiro atoms. The molecule has 1 aromatic rings. The van der Waals surface area contributed by atoms with E-state index in [-0.39, 0.29) is 17.6 Å². The second-order valence-electron chi connectivity index (χ2n) is 6.01. The molecule has 1 fully saturated rings. The van der Waals surface area contributed by atoms with Crippen molar-refractivity contribution in [2.75, 3.05) is 26.7 Å². The summed E-state index contributed by atoms with van der Waals surface area (Å²) in [6.07, 6.45) is 1.69. The number of nitrogens with zero attached hydrogens (tertiary/aromatic N) is 1. The van der Waals surface area contributed by atoms with Gasteiger partial charge >= 0.3 is 5.97 Å². The first-order valence-corrected chi connectivity index (χ1v) is 7.66. The zero-order valence-electron chi connectivity index (χ0n) is 13.1. The Balaban J connectivity index is 2.50. The van der Waals surface area contributed by atoms with E-state index in [0.29, 0.717) is 6.61 Å². The molecule has 0 saturated carbocycles. The van der Waals surface area contributed by atoms with Gasteiger partial charge < -0.3 is 14.7 Å². The molecule has 0 bridgehead atoms. The van der Waals surface area contributed by atoms with Gasteiger partial charge in [-0.3, -0.25) is 4.79 Å². The molecule has 0 aromatic heterocycles. The summed E-state index contributed by atoms with van der Waals surface area (Å²) < 4.78 is 5.40. The molecule has 1 aliphatic rings. The number of hydrogen-bond donors (Lipinski definition) is 1. The van der Waals surface area contributed by atoms with Crippen LogP contribution in [0.3, 0.4) is 0 Å². The van der Waals surface area contributed by atoms with Crippen molar-refractivity contribution in [3.8, 4) is 5.75 Å². The predicted molar refractivity (Wildman–Crippen MR) is 82.3 cm³/mol. The summed E-state index contributed by atoms with van der Waals surface area (Å²) in [7, 11) is 2.08. The Bertz CT molecular complexity index is 503. The second-order valence-corrected chi connectivity index (χ2v) is 6.01. The largest absolute Gasteiger partial charge is 0.508 e. The van der Waals surface area contributed by atoms with E-state index < -0.39 is 5.41 Å². The number of carbonyl (C=O) groups excluding carboxylic acids is 1. The lowest BCUT2D eigenvalue weighted by molar-refractivity contribution is -0.152. The summed E-state index contributed by atoms with van der Waals surface area (Å²) in [5.41, 5.74) is 0.197. The van der Waals surface area contributed by atoms with Gasteiger partial charge in [0.25, 0.3) is 0 Å². The summed E-state index contributed by atoms with van der Waals surface area (Å²) in [4.78, 5) is 15.0. The van der Waals surface area contributed by atoms with Crippen molar-refractivity contribution in [1.29, 1.82) is 0 Å². The molecule has 1 N–H and O–H groups in total. The lowest BCUT2D eigenvalue weighted by atomic mass is 9.68. The third-order valence-electron chi connectivity index (χ3n) is 4.54. The number of phenolic OH excluding ortho intramolecular Hbond substituents is 1. The minimum absolute atomic E-state index is 0.130. The van der Waals surface area contributed by atoms with E-state index in [1.807, 2.05) is 13.0 Å². The molecule has 0 aliphatic carbocycles. The molecular formula is C17H25NO3. The number of benzene rings is 1. The predicted octanol–water partition coefficient (Wildman–Crippen LogP) is 2.55. The Morgan fingerprint density at radius 1 is 1.52 bits per heavy atom. The molecule has 0 amide bonds. The number of ether oxygens (including phenoxy) is 1. The lowest BCUT2D eigenvalue weighted by Crippen LogP contribution is -2.45. The van der Waals surface area contributed by atoms with Crippen LogP contribution >= 0.6 is 0 Å². The van der Waals surface area contributed by atoms with Gasteiger partial charge in [-0.1, -0.05) is 19.1 Å². The molecule has 2 rings (SSSR count). The van der Waals surface area contributed by atoms with E-state index in [1.54, 1.807) is 18.2 Å². The summed E-state index contributed by atoms with van der Waals surface area (Å²) in [6.45, 7) is 6.13. The molecule has 4 nitrogen and oxygen atoms in total. The number of phenols is 1. The van der Waals surface area contributed by atoms with Crippen molar-refractivity contribution in [3.05, 3.63) is 29.8 Å². The van der Waals surface area contributed by atoms with E-state index in [9.17, 15) is 9.90 Å². The Labute approximate surface area is 126 Å². The monoisotopic (exact) mass is 291 g/mol. The maximum absolute atomic E-state index is 12.8. The van der Waals surface area contributed by atoms with Crippen LogP contribution in [0.15, 0.2) is 24.3 Å². The molecule has 1 aromatic carbocycles. The molecule has 0 radical (unpaired) electrons. The van der Waals surface area contributed by atoms with Crippen molar-refractivity contribution in [2.24, 2.45) is 5.92 Å². The average molecular weight is 291 g/mol. The minimum Gasteiger partial charge on any atom is -0.508 e. The van der Waals surface area contributed by atoms with E-state index in [0.717, 1.165) is 31.5 Å². The SMILES string of the molecule is CCOC(=O)C1(c2cccc(O)c2)CCCN(C)CC1C. The second kappa shape index (κ2) is 6.48. The highest BCUT2D eigenvalue weighted by atomic mass is 16.5. The standard InChI is InChI=1S/C17H25NO3/c1-4-21-16(20)17(14-7-5-8-15(19)11-14)9-6-10-18(3)12-13(17)2/h5,7-8,11,13,19H,4,6,9-10,12H2,1-3H3. The number of likely N-dealkylation sites (tertiary alicyclic amines) is 1. The maximum Gasteiger partial charge on any atom is 0.316 e. The average Bonchev–Trinajstić information content (AvgIpc) is 2.58. The van der Waals surface area contributed by atoms with E-state index in [2.05, 4.69) is 18.9 Å². The molecule has 4 heteroatoms. The number of rotatable bonds is 3. The van der Waals surface area contributed by atoms with Gasteiger partial charge in [-0.25, -0.2) is 0 Å². The van der Waals surface area contributed by atoms with Crippen LogP contribution in [0.5, 0.6) is 5.75 Å². The Hall–Kier alpha value is -1.55. The van der Waals surface area contributed by atoms with Crippen LogP contribution in [0.2, 0.25) is 0 Å². The first kappa shape index (κ1) is 15.8. The van der Waals surface area contributed by atoms with Gasteiger partial charge in [0.1, 0.15) is 5.75 Å². The fraction of sp³-hybridized carbons (Fsp3) is 0.588. The Morgan fingerprint density at radius 3 is 2.95 bits per heavy atom. The van der Waals surface area contributed by atoms with Crippen molar-refractivity contribution >= 4 is 5.97 Å². The van der Waals surface area contributed by atoms with Crippen LogP contribution in [0.1, 0.15) is 32.3 Å². The summed E-state index contributed by atoms with van der Waals surface area (Å²) in [5, 5.41) is 9.82. The number of hydrogen-bond acceptors (Lipinski definition) is 4. The highest BCUT2D eigenvalue weighted by Gasteiger charge is 2.47. The number of aromatic hydroxyl groups is 1. The van der Waals surface area contributed by atoms with Crippen molar-refractivity contribution in [3.63, 3.8) is 0 Å². The number of carbonyl (C=O) groups is 1. The van der Waals surface area contributed by atoms with E-state index >= 15 is 0 Å². The maximum atomic E-state index is 12.8. The third-order valence-corrected chi connectivity index (χ3v) is 4.54. The molecule has 2 atom stereocenters. The van der Waals surface area contributed by atoms with Crippen LogP contribution in [0, 0.1) is 5.92 Å². The lowest BCUT2D eigenvalue weighted by Gasteiger charge is -2.36. The summed E-state index contributed by atoms with van der Waals surface area (Å²) >= 11 is 0. The van der Waals surface area contributed by atoms with Gasteiger partial charge in [-0.2, -0.15) is 0 Å². The van der Waals surface area contributed by atoms with Gasteiger partial charge in [0.2, 0.25) is 0 Å². The van der Waals surface area contributed by atoms with Crippen LogP contribution in [-0.4, -0.2) is 42.7 Å². The van der Waals surface area contributed by atoms with Crippen LogP contribution in [0.4, 0.5) is 0 Å². The van der Waals surface area contributed by atoms with Crippen molar-refractivity contribution in [1.82, 2.24) is 4.90 Å². The molecule has 1 heterocycles. The molecular weight excluding hydrogens is 266 g/mol. The minimum atomic E-state index is -0.667. The third kappa shape index (κ3) is 3.05. The van der Waals surface area contributed by atoms with E-state index in [1.165, 1.54) is 0 Å². The highest BCUT2D eigenvalue weighted by molar-refractivity contribution is 5.84. The van der Waals surface area contributed by atoms with Gasteiger partial charge in [-0.15, -0.1) is 0 Å². The summed E-state index contributed by atoms with van der Waals surface area (Å²) in [5.74, 6) is 0.158. The number of esters is 1. The van der Waals surface area contributed by atoms with E-state index in [4.69, 9.17) is 4.74 Å². The van der Waals surface area contributed by atoms with Crippen LogP contribution < -0.4 is 0 Å². The van der Waals surface area contributed by atoms with Crippen LogP contribution in [-0.2, 0) is 14.9 Å². The molecule has 21 heavy (non-hydrogen) atoms. The summed E-state index contributed by atoms with van der Waals surface area (Å²) in [6, 6.07) is 7.07. The quantitative estimate of drug-likeness (QED) is 0.870. The van der Waals surface area contributed by atoms with Gasteiger partial charge in [0.15, 0.2) is 0 Å². The Morgan fingerprint density at radius 2 is 2.29 bits per heavy atom. The highest BCUT2D eigenvalue weighted by Crippen LogP contribution is 2.41. The van der Waals surface area contributed by atoms with Gasteiger partial charge in [-0.05, 0) is 57.0 Å². The zero-order valence-corrected chi connectivity index (χ0v) is 13.1. The fourth-order valence-electron chi connectivity index (χ4n) is 3.48. The van der Waals surface area contributed by atoms with Gasteiger partial charge in [0, 0.05) is 6.54 Å². The molecule has 1 saturated heterocycles. The zero-order chi connectivity index (χ0) is 15.5. The molecule has 1 aliphatic heterocycles. The first-order valence-electron chi connectivity index (χ1n) is 7.66. The smallest absolute Gasteiger partial charge is 0.316 e. The van der Waals surface area contributed by atoms with Gasteiger partial charge in [0.05, 0.1) is 12.0 Å². The molecule has 116 valence electrons. The molecule has 2 unspecified atom stereocenters. The van der Waals surface area contributed by atoms with Crippen molar-refractivity contribution in [2.45, 2.75) is 32.1 Å². The van der Waals surface area contributed by atoms with Crippen LogP contribution in [0.25, 0.3) is 0 Å². The topological polar surface area (TPSA) is 49.8 Å². The Kier molecular flexibility index (Phi) is 4.88. The van der Waals surface area contributed by atoms with Crippen molar-refractivity contribution < 1.29 is 14.6 Å². The normalized spacial score (nSPS) is 27.1. The fourth-order valence-corrected chi connectivity index (χ4v) is 3.48. The first-order chi connectivity index (χ1) is 10.0.